The van der Waals surface area contributed by atoms with Gasteiger partial charge in [-0.3, -0.25) is 4.98 Å². The van der Waals surface area contributed by atoms with E-state index in [1.54, 1.807) is 32.0 Å². The van der Waals surface area contributed by atoms with Gasteiger partial charge in [-0.1, -0.05) is 23.7 Å². The Labute approximate surface area is 97.7 Å². The van der Waals surface area contributed by atoms with Crippen LogP contribution in [0, 0.1) is 13.8 Å². The van der Waals surface area contributed by atoms with Crippen LogP contribution in [0.3, 0.4) is 0 Å². The summed E-state index contributed by atoms with van der Waals surface area (Å²) < 4.78 is 0. The average molecular weight is 236 g/mol. The molecule has 1 heterocycles. The van der Waals surface area contributed by atoms with Gasteiger partial charge >= 0.3 is 5.97 Å². The molecule has 1 N–H and O–H groups in total. The molecule has 1 aromatic heterocycles. The number of carboxylic acids is 1. The molecule has 16 heavy (non-hydrogen) atoms. The molecule has 0 aliphatic rings. The van der Waals surface area contributed by atoms with Crippen LogP contribution in [0.4, 0.5) is 0 Å². The van der Waals surface area contributed by atoms with E-state index in [4.69, 9.17) is 11.6 Å². The van der Waals surface area contributed by atoms with Crippen molar-refractivity contribution in [1.82, 2.24) is 4.98 Å². The van der Waals surface area contributed by atoms with Crippen LogP contribution in [-0.2, 0) is 0 Å². The maximum Gasteiger partial charge on any atom is 0.336 e. The van der Waals surface area contributed by atoms with Crippen molar-refractivity contribution in [3.8, 4) is 0 Å². The zero-order chi connectivity index (χ0) is 11.9. The van der Waals surface area contributed by atoms with Crippen molar-refractivity contribution in [3.05, 3.63) is 40.0 Å². The first-order valence-corrected chi connectivity index (χ1v) is 5.19. The third-order valence-corrected chi connectivity index (χ3v) is 2.97. The van der Waals surface area contributed by atoms with Crippen LogP contribution in [0.15, 0.2) is 18.2 Å². The lowest BCUT2D eigenvalue weighted by Crippen LogP contribution is -2.04. The number of hydrogen-bond acceptors (Lipinski definition) is 2. The second-order valence-corrected chi connectivity index (χ2v) is 4.05. The summed E-state index contributed by atoms with van der Waals surface area (Å²) in [7, 11) is 0. The van der Waals surface area contributed by atoms with Gasteiger partial charge in [0.2, 0.25) is 0 Å². The van der Waals surface area contributed by atoms with Gasteiger partial charge in [-0.25, -0.2) is 4.79 Å². The monoisotopic (exact) mass is 235 g/mol. The molecular formula is C12H10ClNO2. The molecule has 82 valence electrons. The maximum atomic E-state index is 11.2. The van der Waals surface area contributed by atoms with Crippen LogP contribution in [0.5, 0.6) is 0 Å². The number of aromatic nitrogens is 1. The summed E-state index contributed by atoms with van der Waals surface area (Å²) in [6.07, 6.45) is 0. The second-order valence-electron chi connectivity index (χ2n) is 3.64. The standard InChI is InChI=1S/C12H10ClNO2/c1-6-7(2)14-11-8(10(6)12(15)16)4-3-5-9(11)13/h3-5H,1-2H3,(H,15,16). The van der Waals surface area contributed by atoms with E-state index in [0.29, 0.717) is 27.2 Å². The molecular weight excluding hydrogens is 226 g/mol. The number of nitrogens with zero attached hydrogens (tertiary/aromatic N) is 1. The molecule has 0 atom stereocenters. The van der Waals surface area contributed by atoms with E-state index in [1.807, 2.05) is 0 Å². The van der Waals surface area contributed by atoms with Gasteiger partial charge in [0.15, 0.2) is 0 Å². The summed E-state index contributed by atoms with van der Waals surface area (Å²) in [5.41, 5.74) is 2.20. The summed E-state index contributed by atoms with van der Waals surface area (Å²) in [6, 6.07) is 5.16. The summed E-state index contributed by atoms with van der Waals surface area (Å²) in [4.78, 5) is 15.6. The minimum atomic E-state index is -0.949. The fraction of sp³-hybridized carbons (Fsp3) is 0.167. The molecule has 0 aliphatic heterocycles. The molecule has 0 aliphatic carbocycles. The SMILES string of the molecule is Cc1nc2c(Cl)cccc2c(C(=O)O)c1C. The lowest BCUT2D eigenvalue weighted by molar-refractivity contribution is 0.0698. The molecule has 0 unspecified atom stereocenters. The topological polar surface area (TPSA) is 50.2 Å². The number of hydrogen-bond donors (Lipinski definition) is 1. The van der Waals surface area contributed by atoms with Gasteiger partial charge in [0, 0.05) is 11.1 Å². The zero-order valence-corrected chi connectivity index (χ0v) is 9.67. The number of carboxylic acid groups (broad SMARTS) is 1. The van der Waals surface area contributed by atoms with Crippen molar-refractivity contribution >= 4 is 28.5 Å². The smallest absolute Gasteiger partial charge is 0.336 e. The molecule has 0 radical (unpaired) electrons. The van der Waals surface area contributed by atoms with Crippen LogP contribution in [0.1, 0.15) is 21.6 Å². The highest BCUT2D eigenvalue weighted by Crippen LogP contribution is 2.27. The van der Waals surface area contributed by atoms with Crippen molar-refractivity contribution in [2.75, 3.05) is 0 Å². The number of halogens is 1. The summed E-state index contributed by atoms with van der Waals surface area (Å²) in [5, 5.41) is 10.3. The van der Waals surface area contributed by atoms with Crippen molar-refractivity contribution in [2.24, 2.45) is 0 Å². The molecule has 0 saturated carbocycles. The lowest BCUT2D eigenvalue weighted by atomic mass is 10.0. The number of rotatable bonds is 1. The number of benzene rings is 1. The van der Waals surface area contributed by atoms with Gasteiger partial charge in [-0.15, -0.1) is 0 Å². The van der Waals surface area contributed by atoms with Gasteiger partial charge in [0.1, 0.15) is 0 Å². The Morgan fingerprint density at radius 3 is 2.69 bits per heavy atom. The highest BCUT2D eigenvalue weighted by Gasteiger charge is 2.16. The summed E-state index contributed by atoms with van der Waals surface area (Å²) in [5.74, 6) is -0.949. The number of aromatic carboxylic acids is 1. The number of carbonyl (C=O) groups is 1. The minimum Gasteiger partial charge on any atom is -0.478 e. The van der Waals surface area contributed by atoms with Gasteiger partial charge in [0.05, 0.1) is 16.1 Å². The number of para-hydroxylation sites is 1. The first-order valence-electron chi connectivity index (χ1n) is 4.81. The third kappa shape index (κ3) is 1.53. The van der Waals surface area contributed by atoms with Crippen LogP contribution in [-0.4, -0.2) is 16.1 Å². The summed E-state index contributed by atoms with van der Waals surface area (Å²) in [6.45, 7) is 3.54. The van der Waals surface area contributed by atoms with Gasteiger partial charge < -0.3 is 5.11 Å². The van der Waals surface area contributed by atoms with E-state index in [1.165, 1.54) is 0 Å². The molecule has 0 saturated heterocycles. The van der Waals surface area contributed by atoms with Crippen LogP contribution >= 0.6 is 11.6 Å². The Kier molecular flexibility index (Phi) is 2.56. The Morgan fingerprint density at radius 2 is 2.06 bits per heavy atom. The quantitative estimate of drug-likeness (QED) is 0.826. The number of aryl methyl sites for hydroxylation is 1. The largest absolute Gasteiger partial charge is 0.478 e. The minimum absolute atomic E-state index is 0.282. The average Bonchev–Trinajstić information content (AvgIpc) is 2.21. The van der Waals surface area contributed by atoms with E-state index in [2.05, 4.69) is 4.98 Å². The van der Waals surface area contributed by atoms with Crippen molar-refractivity contribution < 1.29 is 9.90 Å². The Morgan fingerprint density at radius 1 is 1.38 bits per heavy atom. The molecule has 2 rings (SSSR count). The molecule has 0 bridgehead atoms. The molecule has 0 spiro atoms. The van der Waals surface area contributed by atoms with E-state index < -0.39 is 5.97 Å². The molecule has 1 aromatic carbocycles. The van der Waals surface area contributed by atoms with E-state index >= 15 is 0 Å². The lowest BCUT2D eigenvalue weighted by Gasteiger charge is -2.09. The molecule has 3 nitrogen and oxygen atoms in total. The normalized spacial score (nSPS) is 10.7. The summed E-state index contributed by atoms with van der Waals surface area (Å²) >= 11 is 6.00. The number of fused-ring (bicyclic) bond motifs is 1. The highest BCUT2D eigenvalue weighted by molar-refractivity contribution is 6.35. The maximum absolute atomic E-state index is 11.2. The van der Waals surface area contributed by atoms with Crippen molar-refractivity contribution in [3.63, 3.8) is 0 Å². The van der Waals surface area contributed by atoms with Crippen LogP contribution < -0.4 is 0 Å². The van der Waals surface area contributed by atoms with E-state index in [0.717, 1.165) is 0 Å². The van der Waals surface area contributed by atoms with Crippen LogP contribution in [0.25, 0.3) is 10.9 Å². The van der Waals surface area contributed by atoms with Gasteiger partial charge in [-0.05, 0) is 25.5 Å². The Hall–Kier alpha value is -1.61. The zero-order valence-electron chi connectivity index (χ0n) is 8.91. The van der Waals surface area contributed by atoms with Crippen molar-refractivity contribution in [1.29, 1.82) is 0 Å². The molecule has 0 fully saturated rings. The van der Waals surface area contributed by atoms with Crippen LogP contribution in [0.2, 0.25) is 5.02 Å². The predicted molar refractivity (Wildman–Crippen MR) is 63.2 cm³/mol. The molecule has 2 aromatic rings. The van der Waals surface area contributed by atoms with E-state index in [-0.39, 0.29) is 5.56 Å². The molecule has 0 amide bonds. The third-order valence-electron chi connectivity index (χ3n) is 2.67. The van der Waals surface area contributed by atoms with Gasteiger partial charge in [0.25, 0.3) is 0 Å². The first-order chi connectivity index (χ1) is 7.52. The predicted octanol–water partition coefficient (Wildman–Crippen LogP) is 3.20. The fourth-order valence-corrected chi connectivity index (χ4v) is 1.96. The highest BCUT2D eigenvalue weighted by atomic mass is 35.5. The van der Waals surface area contributed by atoms with E-state index in [9.17, 15) is 9.90 Å². The first kappa shape index (κ1) is 10.9. The second kappa shape index (κ2) is 3.76. The van der Waals surface area contributed by atoms with Crippen molar-refractivity contribution in [2.45, 2.75) is 13.8 Å². The number of pyridine rings is 1. The fourth-order valence-electron chi connectivity index (χ4n) is 1.74. The molecule has 4 heteroatoms. The van der Waals surface area contributed by atoms with Gasteiger partial charge in [-0.2, -0.15) is 0 Å². The Bertz CT molecular complexity index is 593. The Balaban J connectivity index is 3.00.